The number of nitrogens with zero attached hydrogens (tertiary/aromatic N) is 1. The van der Waals surface area contributed by atoms with Crippen LogP contribution in [0.15, 0.2) is 0 Å². The molecule has 3 aliphatic rings. The summed E-state index contributed by atoms with van der Waals surface area (Å²) in [5.74, 6) is -5.21. The lowest BCUT2D eigenvalue weighted by atomic mass is 9.95. The molecular weight excluding hydrogens is 462 g/mol. The molecule has 0 radical (unpaired) electrons. The molecule has 3 aliphatic heterocycles. The molecule has 33 heavy (non-hydrogen) atoms. The third-order valence-corrected chi connectivity index (χ3v) is 5.83. The molecule has 1 aromatic carbocycles. The molecule has 3 N–H and O–H groups in total. The maximum atomic E-state index is 13.2. The highest BCUT2D eigenvalue weighted by atomic mass is 35.5. The predicted octanol–water partition coefficient (Wildman–Crippen LogP) is -0.302. The molecule has 3 heterocycles. The maximum absolute atomic E-state index is 13.2. The Kier molecular flexibility index (Phi) is 6.43. The van der Waals surface area contributed by atoms with Gasteiger partial charge in [-0.1, -0.05) is 11.6 Å². The number of hydrogen-bond donors (Lipinski definition) is 3. The van der Waals surface area contributed by atoms with E-state index in [4.69, 9.17) is 30.5 Å². The summed E-state index contributed by atoms with van der Waals surface area (Å²) in [5, 5.41) is 15.6. The van der Waals surface area contributed by atoms with Gasteiger partial charge in [-0.05, 0) is 0 Å². The van der Waals surface area contributed by atoms with Crippen LogP contribution in [0.2, 0.25) is 5.02 Å². The van der Waals surface area contributed by atoms with Gasteiger partial charge in [0.2, 0.25) is 0 Å². The van der Waals surface area contributed by atoms with Crippen molar-refractivity contribution >= 4 is 41.1 Å². The third-order valence-electron chi connectivity index (χ3n) is 5.48. The summed E-state index contributed by atoms with van der Waals surface area (Å²) in [4.78, 5) is 52.8. The number of halogens is 1. The molecule has 13 heteroatoms. The Hall–Kier alpha value is -2.93. The number of benzene rings is 1. The summed E-state index contributed by atoms with van der Waals surface area (Å²) in [5.41, 5.74) is -2.80. The largest absolute Gasteiger partial charge is 0.424 e. The van der Waals surface area contributed by atoms with Gasteiger partial charge in [-0.25, -0.2) is 4.79 Å². The molecule has 12 nitrogen and oxygen atoms in total. The van der Waals surface area contributed by atoms with E-state index in [1.807, 2.05) is 0 Å². The van der Waals surface area contributed by atoms with Gasteiger partial charge < -0.3 is 34.7 Å². The van der Waals surface area contributed by atoms with Crippen molar-refractivity contribution in [3.63, 3.8) is 0 Å². The lowest BCUT2D eigenvalue weighted by molar-refractivity contribution is -0.168. The smallest absolute Gasteiger partial charge is 0.344 e. The number of rotatable bonds is 5. The Labute approximate surface area is 193 Å². The molecular formula is C20H22ClN3O9. The van der Waals surface area contributed by atoms with E-state index in [9.17, 15) is 24.3 Å². The SMILES string of the molecule is CNc1c2c3c(Cl)c(c1C(=O)NCCN1CCOCC1)OC(=O)CC(O)(CC(=O)O2)C(=O)O3. The van der Waals surface area contributed by atoms with Crippen LogP contribution in [0, 0.1) is 0 Å². The lowest BCUT2D eigenvalue weighted by Crippen LogP contribution is -2.47. The van der Waals surface area contributed by atoms with Crippen molar-refractivity contribution in [3.05, 3.63) is 10.6 Å². The van der Waals surface area contributed by atoms with E-state index in [0.717, 1.165) is 13.1 Å². The Morgan fingerprint density at radius 2 is 1.70 bits per heavy atom. The quantitative estimate of drug-likeness (QED) is 0.373. The first-order chi connectivity index (χ1) is 15.7. The zero-order chi connectivity index (χ0) is 23.8. The molecule has 1 aromatic rings. The number of fused-ring (bicyclic) bond motifs is 3. The first kappa shape index (κ1) is 23.2. The Bertz CT molecular complexity index is 1020. The van der Waals surface area contributed by atoms with Gasteiger partial charge >= 0.3 is 17.9 Å². The number of ether oxygens (including phenoxy) is 4. The van der Waals surface area contributed by atoms with Crippen molar-refractivity contribution < 1.29 is 43.2 Å². The first-order valence-corrected chi connectivity index (χ1v) is 10.6. The molecule has 1 atom stereocenters. The van der Waals surface area contributed by atoms with Gasteiger partial charge in [0.1, 0.15) is 10.6 Å². The molecule has 178 valence electrons. The minimum atomic E-state index is -2.51. The fourth-order valence-corrected chi connectivity index (χ4v) is 4.06. The van der Waals surface area contributed by atoms with Gasteiger partial charge in [0.05, 0.1) is 31.7 Å². The minimum absolute atomic E-state index is 0.0745. The fourth-order valence-electron chi connectivity index (χ4n) is 3.81. The predicted molar refractivity (Wildman–Crippen MR) is 112 cm³/mol. The van der Waals surface area contributed by atoms with E-state index in [1.54, 1.807) is 0 Å². The average Bonchev–Trinajstić information content (AvgIpc) is 2.78. The zero-order valence-electron chi connectivity index (χ0n) is 17.7. The zero-order valence-corrected chi connectivity index (χ0v) is 18.5. The second kappa shape index (κ2) is 9.14. The topological polar surface area (TPSA) is 153 Å². The second-order valence-electron chi connectivity index (χ2n) is 7.73. The number of hydrogen-bond acceptors (Lipinski definition) is 11. The second-order valence-corrected chi connectivity index (χ2v) is 8.11. The van der Waals surface area contributed by atoms with Crippen LogP contribution in [0.3, 0.4) is 0 Å². The van der Waals surface area contributed by atoms with Crippen molar-refractivity contribution in [1.82, 2.24) is 10.2 Å². The first-order valence-electron chi connectivity index (χ1n) is 10.2. The van der Waals surface area contributed by atoms with E-state index in [-0.39, 0.29) is 29.3 Å². The normalized spacial score (nSPS) is 22.8. The van der Waals surface area contributed by atoms with Gasteiger partial charge in [0, 0.05) is 33.2 Å². The molecule has 3 bridgehead atoms. The van der Waals surface area contributed by atoms with E-state index in [1.165, 1.54) is 7.05 Å². The van der Waals surface area contributed by atoms with Crippen LogP contribution < -0.4 is 24.8 Å². The van der Waals surface area contributed by atoms with Crippen molar-refractivity contribution in [2.24, 2.45) is 0 Å². The summed E-state index contributed by atoms with van der Waals surface area (Å²) < 4.78 is 21.1. The van der Waals surface area contributed by atoms with Crippen molar-refractivity contribution in [1.29, 1.82) is 0 Å². The summed E-state index contributed by atoms with van der Waals surface area (Å²) >= 11 is 6.35. The highest BCUT2D eigenvalue weighted by molar-refractivity contribution is 6.35. The number of morpholine rings is 1. The van der Waals surface area contributed by atoms with Gasteiger partial charge in [0.25, 0.3) is 5.91 Å². The average molecular weight is 484 g/mol. The van der Waals surface area contributed by atoms with Crippen molar-refractivity contribution in [3.8, 4) is 17.2 Å². The number of aliphatic hydroxyl groups is 1. The summed E-state index contributed by atoms with van der Waals surface area (Å²) in [7, 11) is 1.43. The van der Waals surface area contributed by atoms with Gasteiger partial charge in [-0.3, -0.25) is 19.3 Å². The minimum Gasteiger partial charge on any atom is -0.424 e. The molecule has 1 saturated heterocycles. The van der Waals surface area contributed by atoms with Gasteiger partial charge in [-0.15, -0.1) is 0 Å². The standard InChI is InChI=1S/C20H22ClN3O9/c1-22-14-12(18(27)23-2-3-24-4-6-30-7-5-24)15-13(21)16-17(14)32-11(26)9-20(29,19(28)33-16)8-10(25)31-15/h22,29H,2-9H2,1H3,(H,23,27). The van der Waals surface area contributed by atoms with E-state index in [0.29, 0.717) is 19.8 Å². The third kappa shape index (κ3) is 4.47. The Morgan fingerprint density at radius 1 is 1.06 bits per heavy atom. The summed E-state index contributed by atoms with van der Waals surface area (Å²) in [6.45, 7) is 3.49. The van der Waals surface area contributed by atoms with Crippen molar-refractivity contribution in [2.45, 2.75) is 18.4 Å². The monoisotopic (exact) mass is 483 g/mol. The Morgan fingerprint density at radius 3 is 2.33 bits per heavy atom. The van der Waals surface area contributed by atoms with Crippen LogP contribution in [-0.4, -0.2) is 85.9 Å². The number of nitrogens with one attached hydrogen (secondary N) is 2. The molecule has 1 unspecified atom stereocenters. The van der Waals surface area contributed by atoms with Gasteiger partial charge in [-0.2, -0.15) is 0 Å². The van der Waals surface area contributed by atoms with Crippen molar-refractivity contribution in [2.75, 3.05) is 51.8 Å². The fraction of sp³-hybridized carbons (Fsp3) is 0.500. The summed E-state index contributed by atoms with van der Waals surface area (Å²) in [6.07, 6.45) is -1.76. The van der Waals surface area contributed by atoms with Crippen LogP contribution in [0.25, 0.3) is 0 Å². The molecule has 1 amide bonds. The van der Waals surface area contributed by atoms with E-state index < -0.39 is 53.0 Å². The van der Waals surface area contributed by atoms with Crippen LogP contribution in [0.4, 0.5) is 5.69 Å². The van der Waals surface area contributed by atoms with E-state index >= 15 is 0 Å². The molecule has 0 aromatic heterocycles. The van der Waals surface area contributed by atoms with Crippen LogP contribution >= 0.6 is 11.6 Å². The van der Waals surface area contributed by atoms with Crippen LogP contribution in [0.5, 0.6) is 17.2 Å². The molecule has 0 aliphatic carbocycles. The molecule has 4 rings (SSSR count). The molecule has 0 saturated carbocycles. The lowest BCUT2D eigenvalue weighted by Gasteiger charge is -2.27. The van der Waals surface area contributed by atoms with Crippen LogP contribution in [0.1, 0.15) is 23.2 Å². The number of amides is 1. The summed E-state index contributed by atoms with van der Waals surface area (Å²) in [6, 6.07) is 0. The maximum Gasteiger partial charge on any atom is 0.344 e. The number of anilines is 1. The Balaban J connectivity index is 1.74. The number of carbonyl (C=O) groups excluding carboxylic acids is 4. The highest BCUT2D eigenvalue weighted by Crippen LogP contribution is 2.52. The molecule has 0 spiro atoms. The molecule has 1 fully saturated rings. The number of carbonyl (C=O) groups is 4. The highest BCUT2D eigenvalue weighted by Gasteiger charge is 2.48. The van der Waals surface area contributed by atoms with Crippen LogP contribution in [-0.2, 0) is 19.1 Å². The number of esters is 3. The van der Waals surface area contributed by atoms with Gasteiger partial charge in [0.15, 0.2) is 22.8 Å². The van der Waals surface area contributed by atoms with E-state index in [2.05, 4.69) is 15.5 Å².